The third-order valence-electron chi connectivity index (χ3n) is 3.94. The number of ether oxygens (including phenoxy) is 2. The molecule has 0 saturated heterocycles. The number of oxazole rings is 1. The van der Waals surface area contributed by atoms with Crippen LogP contribution in [0.2, 0.25) is 0 Å². The maximum atomic E-state index is 12.8. The standard InChI is InChI=1S/C18H22N2O4/c1-3-9-20(18(21)17-14(4-2)23-12-19-17)10-13-11-22-15-7-5-6-8-16(15)24-13/h5-8,12-13H,3-4,9-11H2,1-2H3/t13-/m1/s1. The highest BCUT2D eigenvalue weighted by atomic mass is 16.6. The molecule has 128 valence electrons. The number of fused-ring (bicyclic) bond motifs is 1. The summed E-state index contributed by atoms with van der Waals surface area (Å²) in [5.74, 6) is 1.96. The van der Waals surface area contributed by atoms with Crippen LogP contribution in [0.5, 0.6) is 11.5 Å². The Bertz CT molecular complexity index is 698. The van der Waals surface area contributed by atoms with Gasteiger partial charge < -0.3 is 18.8 Å². The van der Waals surface area contributed by atoms with Crippen molar-refractivity contribution in [3.05, 3.63) is 42.1 Å². The highest BCUT2D eigenvalue weighted by molar-refractivity contribution is 5.93. The first-order valence-corrected chi connectivity index (χ1v) is 8.33. The van der Waals surface area contributed by atoms with E-state index in [1.807, 2.05) is 38.1 Å². The summed E-state index contributed by atoms with van der Waals surface area (Å²) >= 11 is 0. The number of nitrogens with zero attached hydrogens (tertiary/aromatic N) is 2. The fraction of sp³-hybridized carbons (Fsp3) is 0.444. The van der Waals surface area contributed by atoms with Gasteiger partial charge in [-0.25, -0.2) is 4.98 Å². The average molecular weight is 330 g/mol. The summed E-state index contributed by atoms with van der Waals surface area (Å²) in [6, 6.07) is 7.57. The Labute approximate surface area is 141 Å². The molecular weight excluding hydrogens is 308 g/mol. The molecule has 1 aromatic carbocycles. The molecule has 0 radical (unpaired) electrons. The van der Waals surface area contributed by atoms with Crippen molar-refractivity contribution in [2.75, 3.05) is 19.7 Å². The van der Waals surface area contributed by atoms with E-state index in [0.717, 1.165) is 12.2 Å². The molecule has 0 unspecified atom stereocenters. The molecule has 0 fully saturated rings. The van der Waals surface area contributed by atoms with Gasteiger partial charge in [0, 0.05) is 13.0 Å². The number of amides is 1. The largest absolute Gasteiger partial charge is 0.486 e. The van der Waals surface area contributed by atoms with Crippen LogP contribution in [-0.2, 0) is 6.42 Å². The van der Waals surface area contributed by atoms with Crippen molar-refractivity contribution in [1.29, 1.82) is 0 Å². The minimum absolute atomic E-state index is 0.120. The van der Waals surface area contributed by atoms with Crippen molar-refractivity contribution < 1.29 is 18.7 Å². The molecule has 0 saturated carbocycles. The van der Waals surface area contributed by atoms with Crippen molar-refractivity contribution in [2.24, 2.45) is 0 Å². The first-order valence-electron chi connectivity index (χ1n) is 8.33. The molecule has 2 heterocycles. The molecule has 1 aromatic heterocycles. The average Bonchev–Trinajstić information content (AvgIpc) is 3.09. The predicted molar refractivity (Wildman–Crippen MR) is 88.4 cm³/mol. The lowest BCUT2D eigenvalue weighted by Gasteiger charge is -2.31. The lowest BCUT2D eigenvalue weighted by molar-refractivity contribution is 0.0458. The molecule has 1 aliphatic rings. The topological polar surface area (TPSA) is 64.8 Å². The van der Waals surface area contributed by atoms with Gasteiger partial charge in [0.25, 0.3) is 5.91 Å². The molecule has 24 heavy (non-hydrogen) atoms. The highest BCUT2D eigenvalue weighted by Gasteiger charge is 2.27. The van der Waals surface area contributed by atoms with Crippen LogP contribution in [0.4, 0.5) is 0 Å². The Morgan fingerprint density at radius 2 is 2.08 bits per heavy atom. The van der Waals surface area contributed by atoms with Crippen molar-refractivity contribution in [3.8, 4) is 11.5 Å². The van der Waals surface area contributed by atoms with E-state index in [2.05, 4.69) is 4.98 Å². The van der Waals surface area contributed by atoms with Crippen LogP contribution in [-0.4, -0.2) is 41.6 Å². The smallest absolute Gasteiger partial charge is 0.276 e. The van der Waals surface area contributed by atoms with E-state index in [4.69, 9.17) is 13.9 Å². The van der Waals surface area contributed by atoms with Crippen molar-refractivity contribution in [3.63, 3.8) is 0 Å². The third kappa shape index (κ3) is 3.37. The summed E-state index contributed by atoms with van der Waals surface area (Å²) in [5, 5.41) is 0. The number of rotatable bonds is 6. The van der Waals surface area contributed by atoms with Gasteiger partial charge in [-0.3, -0.25) is 4.79 Å². The van der Waals surface area contributed by atoms with E-state index < -0.39 is 0 Å². The van der Waals surface area contributed by atoms with Crippen LogP contribution in [0, 0.1) is 0 Å². The SMILES string of the molecule is CCCN(C[C@@H]1COc2ccccc2O1)C(=O)c1ncoc1CC. The fourth-order valence-electron chi connectivity index (χ4n) is 2.79. The monoisotopic (exact) mass is 330 g/mol. The molecule has 0 bridgehead atoms. The highest BCUT2D eigenvalue weighted by Crippen LogP contribution is 2.31. The van der Waals surface area contributed by atoms with Crippen molar-refractivity contribution >= 4 is 5.91 Å². The summed E-state index contributed by atoms with van der Waals surface area (Å²) in [7, 11) is 0. The number of hydrogen-bond donors (Lipinski definition) is 0. The van der Waals surface area contributed by atoms with Gasteiger partial charge in [0.05, 0.1) is 6.54 Å². The fourth-order valence-corrected chi connectivity index (χ4v) is 2.79. The molecule has 1 aliphatic heterocycles. The quantitative estimate of drug-likeness (QED) is 0.815. The second-order valence-corrected chi connectivity index (χ2v) is 5.73. The zero-order valence-corrected chi connectivity index (χ0v) is 14.0. The summed E-state index contributed by atoms with van der Waals surface area (Å²) in [5.41, 5.74) is 0.392. The van der Waals surface area contributed by atoms with Gasteiger partial charge in [-0.1, -0.05) is 26.0 Å². The Hall–Kier alpha value is -2.50. The second-order valence-electron chi connectivity index (χ2n) is 5.73. The predicted octanol–water partition coefficient (Wildman–Crippen LogP) is 2.93. The first kappa shape index (κ1) is 16.4. The Morgan fingerprint density at radius 1 is 1.29 bits per heavy atom. The van der Waals surface area contributed by atoms with Gasteiger partial charge in [-0.05, 0) is 18.6 Å². The van der Waals surface area contributed by atoms with Gasteiger partial charge in [0.15, 0.2) is 29.7 Å². The molecule has 0 aliphatic carbocycles. The number of hydrogen-bond acceptors (Lipinski definition) is 5. The van der Waals surface area contributed by atoms with E-state index in [-0.39, 0.29) is 12.0 Å². The zero-order chi connectivity index (χ0) is 16.9. The molecule has 3 rings (SSSR count). The minimum Gasteiger partial charge on any atom is -0.486 e. The van der Waals surface area contributed by atoms with E-state index in [1.54, 1.807) is 4.90 Å². The Balaban J connectivity index is 1.72. The molecule has 2 aromatic rings. The number of carbonyl (C=O) groups is 1. The molecule has 6 nitrogen and oxygen atoms in total. The molecule has 1 amide bonds. The van der Waals surface area contributed by atoms with Crippen LogP contribution < -0.4 is 9.47 Å². The van der Waals surface area contributed by atoms with E-state index in [9.17, 15) is 4.79 Å². The maximum Gasteiger partial charge on any atom is 0.276 e. The number of aromatic nitrogens is 1. The molecule has 0 spiro atoms. The van der Waals surface area contributed by atoms with E-state index >= 15 is 0 Å². The van der Waals surface area contributed by atoms with Gasteiger partial charge in [0.2, 0.25) is 0 Å². The lowest BCUT2D eigenvalue weighted by atomic mass is 10.2. The van der Waals surface area contributed by atoms with Crippen LogP contribution >= 0.6 is 0 Å². The molecule has 1 atom stereocenters. The minimum atomic E-state index is -0.202. The van der Waals surface area contributed by atoms with Gasteiger partial charge in [0.1, 0.15) is 12.4 Å². The summed E-state index contributed by atoms with van der Waals surface area (Å²) in [6.45, 7) is 5.49. The first-order chi connectivity index (χ1) is 11.7. The third-order valence-corrected chi connectivity index (χ3v) is 3.94. The van der Waals surface area contributed by atoms with Crippen LogP contribution in [0.1, 0.15) is 36.5 Å². The number of para-hydroxylation sites is 2. The number of carbonyl (C=O) groups excluding carboxylic acids is 1. The van der Waals surface area contributed by atoms with Crippen molar-refractivity contribution in [2.45, 2.75) is 32.8 Å². The zero-order valence-electron chi connectivity index (χ0n) is 14.0. The molecule has 0 N–H and O–H groups in total. The van der Waals surface area contributed by atoms with Crippen molar-refractivity contribution in [1.82, 2.24) is 9.88 Å². The summed E-state index contributed by atoms with van der Waals surface area (Å²) < 4.78 is 17.0. The maximum absolute atomic E-state index is 12.8. The Morgan fingerprint density at radius 3 is 2.83 bits per heavy atom. The van der Waals surface area contributed by atoms with Gasteiger partial charge in [-0.15, -0.1) is 0 Å². The molecular formula is C18H22N2O4. The molecule has 6 heteroatoms. The van der Waals surface area contributed by atoms with Crippen LogP contribution in [0.15, 0.2) is 35.1 Å². The van der Waals surface area contributed by atoms with E-state index in [0.29, 0.717) is 43.3 Å². The van der Waals surface area contributed by atoms with E-state index in [1.165, 1.54) is 6.39 Å². The number of aryl methyl sites for hydroxylation is 1. The van der Waals surface area contributed by atoms with Crippen LogP contribution in [0.25, 0.3) is 0 Å². The number of benzene rings is 1. The lowest BCUT2D eigenvalue weighted by Crippen LogP contribution is -2.44. The summed E-state index contributed by atoms with van der Waals surface area (Å²) in [6.07, 6.45) is 2.62. The van der Waals surface area contributed by atoms with Gasteiger partial charge >= 0.3 is 0 Å². The van der Waals surface area contributed by atoms with Crippen LogP contribution in [0.3, 0.4) is 0 Å². The summed E-state index contributed by atoms with van der Waals surface area (Å²) in [4.78, 5) is 18.7. The Kier molecular flexibility index (Phi) is 5.03. The normalized spacial score (nSPS) is 16.0. The van der Waals surface area contributed by atoms with Gasteiger partial charge in [-0.2, -0.15) is 0 Å². The second kappa shape index (κ2) is 7.38.